The first kappa shape index (κ1) is 11.5. The van der Waals surface area contributed by atoms with Crippen molar-refractivity contribution < 1.29 is 9.53 Å². The maximum Gasteiger partial charge on any atom is 0.413 e. The second-order valence-corrected chi connectivity index (χ2v) is 3.46. The molecule has 1 N–H and O–H groups in total. The van der Waals surface area contributed by atoms with Gasteiger partial charge in [0.15, 0.2) is 6.23 Å². The lowest BCUT2D eigenvalue weighted by Crippen LogP contribution is -2.31. The highest BCUT2D eigenvalue weighted by Gasteiger charge is 2.10. The third-order valence-electron chi connectivity index (χ3n) is 2.02. The van der Waals surface area contributed by atoms with E-state index in [2.05, 4.69) is 5.32 Å². The molecular weight excluding hydrogens is 192 g/mol. The van der Waals surface area contributed by atoms with Crippen LogP contribution in [0.4, 0.5) is 10.5 Å². The van der Waals surface area contributed by atoms with Gasteiger partial charge in [0.2, 0.25) is 0 Å². The minimum atomic E-state index is -0.442. The lowest BCUT2D eigenvalue weighted by molar-refractivity contribution is 0.0355. The summed E-state index contributed by atoms with van der Waals surface area (Å²) in [5.41, 5.74) is 0.730. The molecule has 0 bridgehead atoms. The number of hydrogen-bond acceptors (Lipinski definition) is 3. The summed E-state index contributed by atoms with van der Waals surface area (Å²) in [5.74, 6) is 0. The third-order valence-corrected chi connectivity index (χ3v) is 2.02. The van der Waals surface area contributed by atoms with Gasteiger partial charge in [0, 0.05) is 5.69 Å². The van der Waals surface area contributed by atoms with Gasteiger partial charge in [-0.2, -0.15) is 0 Å². The van der Waals surface area contributed by atoms with Crippen molar-refractivity contribution in [2.75, 3.05) is 19.4 Å². The summed E-state index contributed by atoms with van der Waals surface area (Å²) in [6, 6.07) is 9.21. The molecule has 1 aromatic rings. The first-order chi connectivity index (χ1) is 7.09. The summed E-state index contributed by atoms with van der Waals surface area (Å²) in [6.07, 6.45) is -0.684. The summed E-state index contributed by atoms with van der Waals surface area (Å²) in [5, 5.41) is 2.64. The highest BCUT2D eigenvalue weighted by atomic mass is 16.6. The molecule has 1 rings (SSSR count). The second kappa shape index (κ2) is 5.36. The average molecular weight is 208 g/mol. The van der Waals surface area contributed by atoms with E-state index in [4.69, 9.17) is 4.74 Å². The molecule has 0 aromatic heterocycles. The predicted octanol–water partition coefficient (Wildman–Crippen LogP) is 2.14. The molecule has 0 aliphatic rings. The van der Waals surface area contributed by atoms with E-state index in [0.29, 0.717) is 0 Å². The zero-order chi connectivity index (χ0) is 11.3. The number of nitrogens with zero attached hydrogens (tertiary/aromatic N) is 1. The molecule has 15 heavy (non-hydrogen) atoms. The van der Waals surface area contributed by atoms with Crippen LogP contribution in [0.3, 0.4) is 0 Å². The fourth-order valence-corrected chi connectivity index (χ4v) is 0.929. The van der Waals surface area contributed by atoms with E-state index in [1.807, 2.05) is 56.3 Å². The van der Waals surface area contributed by atoms with E-state index in [-0.39, 0.29) is 6.23 Å². The van der Waals surface area contributed by atoms with Crippen LogP contribution in [-0.4, -0.2) is 31.3 Å². The molecular formula is C11H16N2O2. The molecule has 0 aliphatic heterocycles. The molecule has 1 aromatic carbocycles. The van der Waals surface area contributed by atoms with Crippen molar-refractivity contribution in [2.45, 2.75) is 13.2 Å². The summed E-state index contributed by atoms with van der Waals surface area (Å²) in [4.78, 5) is 13.2. The van der Waals surface area contributed by atoms with Crippen LogP contribution in [0, 0.1) is 0 Å². The quantitative estimate of drug-likeness (QED) is 0.774. The van der Waals surface area contributed by atoms with Crippen molar-refractivity contribution in [1.82, 2.24) is 4.90 Å². The molecule has 1 amide bonds. The van der Waals surface area contributed by atoms with Crippen LogP contribution in [0.2, 0.25) is 0 Å². The number of hydrogen-bond donors (Lipinski definition) is 1. The number of nitrogens with one attached hydrogen (secondary N) is 1. The van der Waals surface area contributed by atoms with Crippen LogP contribution in [0.1, 0.15) is 6.92 Å². The van der Waals surface area contributed by atoms with Gasteiger partial charge in [-0.25, -0.2) is 4.79 Å². The molecule has 0 saturated heterocycles. The Kier molecular flexibility index (Phi) is 4.12. The van der Waals surface area contributed by atoms with E-state index < -0.39 is 6.09 Å². The zero-order valence-electron chi connectivity index (χ0n) is 9.23. The molecule has 4 nitrogen and oxygen atoms in total. The number of carbonyl (C=O) groups is 1. The smallest absolute Gasteiger partial charge is 0.413 e. The van der Waals surface area contributed by atoms with Crippen molar-refractivity contribution in [3.8, 4) is 0 Å². The van der Waals surface area contributed by atoms with Gasteiger partial charge < -0.3 is 4.74 Å². The van der Waals surface area contributed by atoms with Gasteiger partial charge in [-0.15, -0.1) is 0 Å². The number of para-hydroxylation sites is 1. The van der Waals surface area contributed by atoms with Gasteiger partial charge in [-0.1, -0.05) is 18.2 Å². The Morgan fingerprint density at radius 1 is 1.33 bits per heavy atom. The Labute approximate surface area is 89.8 Å². The predicted molar refractivity (Wildman–Crippen MR) is 59.7 cm³/mol. The summed E-state index contributed by atoms with van der Waals surface area (Å²) < 4.78 is 5.09. The maximum absolute atomic E-state index is 11.4. The summed E-state index contributed by atoms with van der Waals surface area (Å²) >= 11 is 0. The molecule has 0 radical (unpaired) electrons. The Balaban J connectivity index is 2.43. The molecule has 0 saturated carbocycles. The van der Waals surface area contributed by atoms with Crippen LogP contribution < -0.4 is 5.32 Å². The number of benzene rings is 1. The van der Waals surface area contributed by atoms with E-state index >= 15 is 0 Å². The number of rotatable bonds is 3. The van der Waals surface area contributed by atoms with E-state index in [1.165, 1.54) is 0 Å². The first-order valence-corrected chi connectivity index (χ1v) is 4.78. The minimum Gasteiger partial charge on any atom is -0.430 e. The van der Waals surface area contributed by atoms with Gasteiger partial charge in [0.25, 0.3) is 0 Å². The number of carbonyl (C=O) groups excluding carboxylic acids is 1. The van der Waals surface area contributed by atoms with Gasteiger partial charge in [0.05, 0.1) is 0 Å². The van der Waals surface area contributed by atoms with Crippen molar-refractivity contribution in [2.24, 2.45) is 0 Å². The zero-order valence-corrected chi connectivity index (χ0v) is 9.23. The van der Waals surface area contributed by atoms with Crippen molar-refractivity contribution in [1.29, 1.82) is 0 Å². The topological polar surface area (TPSA) is 41.6 Å². The largest absolute Gasteiger partial charge is 0.430 e. The fraction of sp³-hybridized carbons (Fsp3) is 0.364. The number of ether oxygens (including phenoxy) is 1. The van der Waals surface area contributed by atoms with Crippen LogP contribution >= 0.6 is 0 Å². The maximum atomic E-state index is 11.4. The van der Waals surface area contributed by atoms with Crippen LogP contribution in [0.15, 0.2) is 30.3 Å². The Bertz CT molecular complexity index is 312. The monoisotopic (exact) mass is 208 g/mol. The molecule has 0 fully saturated rings. The van der Waals surface area contributed by atoms with Gasteiger partial charge in [0.1, 0.15) is 0 Å². The van der Waals surface area contributed by atoms with E-state index in [9.17, 15) is 4.79 Å². The second-order valence-electron chi connectivity index (χ2n) is 3.46. The van der Waals surface area contributed by atoms with Gasteiger partial charge in [-0.05, 0) is 33.2 Å². The Morgan fingerprint density at radius 2 is 1.93 bits per heavy atom. The van der Waals surface area contributed by atoms with E-state index in [0.717, 1.165) is 5.69 Å². The fourth-order valence-electron chi connectivity index (χ4n) is 0.929. The van der Waals surface area contributed by atoms with Crippen molar-refractivity contribution >= 4 is 11.8 Å². The summed E-state index contributed by atoms with van der Waals surface area (Å²) in [6.45, 7) is 1.81. The van der Waals surface area contributed by atoms with Crippen LogP contribution in [0.5, 0.6) is 0 Å². The Morgan fingerprint density at radius 3 is 2.47 bits per heavy atom. The van der Waals surface area contributed by atoms with Crippen molar-refractivity contribution in [3.63, 3.8) is 0 Å². The number of anilines is 1. The molecule has 4 heteroatoms. The van der Waals surface area contributed by atoms with Gasteiger partial charge >= 0.3 is 6.09 Å². The molecule has 0 aliphatic carbocycles. The highest BCUT2D eigenvalue weighted by molar-refractivity contribution is 5.84. The van der Waals surface area contributed by atoms with E-state index in [1.54, 1.807) is 0 Å². The molecule has 0 spiro atoms. The minimum absolute atomic E-state index is 0.242. The third kappa shape index (κ3) is 3.99. The molecule has 0 heterocycles. The molecule has 1 atom stereocenters. The highest BCUT2D eigenvalue weighted by Crippen LogP contribution is 2.06. The van der Waals surface area contributed by atoms with Crippen molar-refractivity contribution in [3.05, 3.63) is 30.3 Å². The standard InChI is InChI=1S/C11H16N2O2/c1-9(13(2)3)15-11(14)12-10-7-5-4-6-8-10/h4-9H,1-3H3,(H,12,14). The van der Waals surface area contributed by atoms with Crippen LogP contribution in [0.25, 0.3) is 0 Å². The molecule has 1 unspecified atom stereocenters. The van der Waals surface area contributed by atoms with Gasteiger partial charge in [-0.3, -0.25) is 10.2 Å². The number of amides is 1. The lowest BCUT2D eigenvalue weighted by atomic mass is 10.3. The average Bonchev–Trinajstić information content (AvgIpc) is 2.18. The lowest BCUT2D eigenvalue weighted by Gasteiger charge is -2.19. The normalized spacial score (nSPS) is 12.3. The summed E-state index contributed by atoms with van der Waals surface area (Å²) in [7, 11) is 3.70. The first-order valence-electron chi connectivity index (χ1n) is 4.78. The Hall–Kier alpha value is -1.55. The van der Waals surface area contributed by atoms with Crippen LogP contribution in [-0.2, 0) is 4.74 Å². The molecule has 82 valence electrons. The SMILES string of the molecule is CC(OC(=O)Nc1ccccc1)N(C)C.